The molecule has 0 aliphatic carbocycles. The topological polar surface area (TPSA) is 41.1 Å². The van der Waals surface area contributed by atoms with Gasteiger partial charge in [0.05, 0.1) is 17.1 Å². The zero-order chi connectivity index (χ0) is 18.1. The molecule has 1 aromatic heterocycles. The lowest BCUT2D eigenvalue weighted by atomic mass is 10.1. The van der Waals surface area contributed by atoms with Gasteiger partial charge in [0.1, 0.15) is 23.6 Å². The van der Waals surface area contributed by atoms with Crippen LogP contribution in [-0.4, -0.2) is 41.1 Å². The van der Waals surface area contributed by atoms with Crippen LogP contribution in [0.1, 0.15) is 30.3 Å². The molecule has 1 saturated heterocycles. The molecule has 2 aromatic carbocycles. The largest absolute Gasteiger partial charge is 0.362 e. The van der Waals surface area contributed by atoms with Crippen LogP contribution < -0.4 is 0 Å². The number of rotatable bonds is 4. The zero-order valence-corrected chi connectivity index (χ0v) is 14.6. The number of piperidine rings is 1. The van der Waals surface area contributed by atoms with Gasteiger partial charge < -0.3 is 14.6 Å². The second-order valence-corrected chi connectivity index (χ2v) is 6.82. The Kier molecular flexibility index (Phi) is 4.70. The van der Waals surface area contributed by atoms with Gasteiger partial charge >= 0.3 is 0 Å². The van der Waals surface area contributed by atoms with Gasteiger partial charge in [0.15, 0.2) is 0 Å². The Morgan fingerprint density at radius 2 is 1.92 bits per heavy atom. The molecule has 4 nitrogen and oxygen atoms in total. The quantitative estimate of drug-likeness (QED) is 0.766. The lowest BCUT2D eigenvalue weighted by Crippen LogP contribution is -2.35. The van der Waals surface area contributed by atoms with E-state index in [4.69, 9.17) is 4.74 Å². The molecule has 1 fully saturated rings. The molecule has 1 aliphatic rings. The number of nitrogens with one attached hydrogen (secondary N) is 1. The van der Waals surface area contributed by atoms with Crippen molar-refractivity contribution in [1.82, 2.24) is 14.9 Å². The standard InChI is InChI=1S/C20H21F2N3O/c1-25-10-8-14(9-11-25)26-19(15-4-2-3-5-16(15)22)20-23-17-7-6-13(21)12-18(17)24-20/h2-7,12,14,19H,8-11H2,1H3,(H,23,24). The van der Waals surface area contributed by atoms with Gasteiger partial charge in [-0.3, -0.25) is 0 Å². The Hall–Kier alpha value is -2.31. The van der Waals surface area contributed by atoms with Crippen LogP contribution in [0.25, 0.3) is 11.0 Å². The number of imidazole rings is 1. The number of halogens is 2. The van der Waals surface area contributed by atoms with Crippen LogP contribution in [0, 0.1) is 11.6 Å². The van der Waals surface area contributed by atoms with E-state index in [-0.39, 0.29) is 17.7 Å². The van der Waals surface area contributed by atoms with Crippen molar-refractivity contribution in [2.45, 2.75) is 25.0 Å². The van der Waals surface area contributed by atoms with E-state index >= 15 is 0 Å². The molecule has 1 N–H and O–H groups in total. The highest BCUT2D eigenvalue weighted by molar-refractivity contribution is 5.75. The van der Waals surface area contributed by atoms with Gasteiger partial charge in [-0.05, 0) is 44.2 Å². The number of likely N-dealkylation sites (tertiary alicyclic amines) is 1. The SMILES string of the molecule is CN1CCC(OC(c2nc3ccc(F)cc3[nH]2)c2ccccc2F)CC1. The summed E-state index contributed by atoms with van der Waals surface area (Å²) in [5.41, 5.74) is 1.65. The molecular weight excluding hydrogens is 336 g/mol. The summed E-state index contributed by atoms with van der Waals surface area (Å²) in [6, 6.07) is 10.9. The highest BCUT2D eigenvalue weighted by Crippen LogP contribution is 2.31. The Morgan fingerprint density at radius 1 is 1.15 bits per heavy atom. The monoisotopic (exact) mass is 357 g/mol. The van der Waals surface area contributed by atoms with Crippen LogP contribution in [-0.2, 0) is 4.74 Å². The van der Waals surface area contributed by atoms with E-state index in [0.717, 1.165) is 25.9 Å². The maximum Gasteiger partial charge on any atom is 0.143 e. The molecule has 0 bridgehead atoms. The number of H-pyrrole nitrogens is 1. The molecule has 26 heavy (non-hydrogen) atoms. The van der Waals surface area contributed by atoms with E-state index in [1.54, 1.807) is 24.3 Å². The number of hydrogen-bond donors (Lipinski definition) is 1. The Balaban J connectivity index is 1.70. The van der Waals surface area contributed by atoms with Gasteiger partial charge in [-0.25, -0.2) is 13.8 Å². The normalized spacial score (nSPS) is 17.7. The number of aromatic nitrogens is 2. The molecule has 3 aromatic rings. The molecule has 1 unspecified atom stereocenters. The van der Waals surface area contributed by atoms with Crippen molar-refractivity contribution >= 4 is 11.0 Å². The predicted octanol–water partition coefficient (Wildman–Crippen LogP) is 4.04. The number of hydrogen-bond acceptors (Lipinski definition) is 3. The minimum atomic E-state index is -0.653. The van der Waals surface area contributed by atoms with Gasteiger partial charge in [0.25, 0.3) is 0 Å². The van der Waals surface area contributed by atoms with Crippen LogP contribution in [0.3, 0.4) is 0 Å². The van der Waals surface area contributed by atoms with Crippen molar-refractivity contribution in [2.24, 2.45) is 0 Å². The highest BCUT2D eigenvalue weighted by atomic mass is 19.1. The van der Waals surface area contributed by atoms with Crippen LogP contribution >= 0.6 is 0 Å². The second-order valence-electron chi connectivity index (χ2n) is 6.82. The van der Waals surface area contributed by atoms with E-state index in [9.17, 15) is 8.78 Å². The summed E-state index contributed by atoms with van der Waals surface area (Å²) in [6.45, 7) is 1.89. The minimum Gasteiger partial charge on any atom is -0.362 e. The molecule has 2 heterocycles. The molecular formula is C20H21F2N3O. The summed E-state index contributed by atoms with van der Waals surface area (Å²) in [7, 11) is 2.08. The number of nitrogens with zero attached hydrogens (tertiary/aromatic N) is 2. The summed E-state index contributed by atoms with van der Waals surface area (Å²) in [4.78, 5) is 9.89. The molecule has 4 rings (SSSR count). The van der Waals surface area contributed by atoms with Crippen LogP contribution in [0.4, 0.5) is 8.78 Å². The van der Waals surface area contributed by atoms with Crippen LogP contribution in [0.15, 0.2) is 42.5 Å². The fourth-order valence-corrected chi connectivity index (χ4v) is 3.41. The lowest BCUT2D eigenvalue weighted by molar-refractivity contribution is -0.0276. The number of aromatic amines is 1. The smallest absolute Gasteiger partial charge is 0.143 e. The number of fused-ring (bicyclic) bond motifs is 1. The maximum atomic E-state index is 14.5. The van der Waals surface area contributed by atoms with Crippen LogP contribution in [0.2, 0.25) is 0 Å². The highest BCUT2D eigenvalue weighted by Gasteiger charge is 2.27. The first kappa shape index (κ1) is 17.1. The first-order valence-electron chi connectivity index (χ1n) is 8.84. The minimum absolute atomic E-state index is 0.0285. The van der Waals surface area contributed by atoms with E-state index in [2.05, 4.69) is 21.9 Å². The third kappa shape index (κ3) is 3.48. The first-order valence-corrected chi connectivity index (χ1v) is 8.84. The summed E-state index contributed by atoms with van der Waals surface area (Å²) in [5.74, 6) is -0.182. The van der Waals surface area contributed by atoms with Crippen molar-refractivity contribution in [3.8, 4) is 0 Å². The van der Waals surface area contributed by atoms with Crippen molar-refractivity contribution in [2.75, 3.05) is 20.1 Å². The number of ether oxygens (including phenoxy) is 1. The van der Waals surface area contributed by atoms with Crippen molar-refractivity contribution in [3.05, 3.63) is 65.5 Å². The van der Waals surface area contributed by atoms with Gasteiger partial charge in [-0.1, -0.05) is 18.2 Å². The summed E-state index contributed by atoms with van der Waals surface area (Å²) >= 11 is 0. The summed E-state index contributed by atoms with van der Waals surface area (Å²) in [5, 5.41) is 0. The van der Waals surface area contributed by atoms with Gasteiger partial charge in [-0.15, -0.1) is 0 Å². The van der Waals surface area contributed by atoms with Crippen molar-refractivity contribution in [3.63, 3.8) is 0 Å². The van der Waals surface area contributed by atoms with E-state index < -0.39 is 6.10 Å². The van der Waals surface area contributed by atoms with Gasteiger partial charge in [-0.2, -0.15) is 0 Å². The Labute approximate surface area is 150 Å². The Morgan fingerprint density at radius 3 is 2.69 bits per heavy atom. The van der Waals surface area contributed by atoms with Crippen molar-refractivity contribution in [1.29, 1.82) is 0 Å². The predicted molar refractivity (Wildman–Crippen MR) is 95.9 cm³/mol. The molecule has 0 amide bonds. The lowest BCUT2D eigenvalue weighted by Gasteiger charge is -2.31. The first-order chi connectivity index (χ1) is 12.6. The molecule has 0 saturated carbocycles. The third-order valence-electron chi connectivity index (χ3n) is 4.89. The average Bonchev–Trinajstić information content (AvgIpc) is 3.05. The zero-order valence-electron chi connectivity index (χ0n) is 14.6. The summed E-state index contributed by atoms with van der Waals surface area (Å²) in [6.07, 6.45) is 1.15. The van der Waals surface area contributed by atoms with Gasteiger partial charge in [0, 0.05) is 18.7 Å². The molecule has 0 radical (unpaired) electrons. The van der Waals surface area contributed by atoms with E-state index in [1.807, 2.05) is 0 Å². The molecule has 1 aliphatic heterocycles. The summed E-state index contributed by atoms with van der Waals surface area (Å²) < 4.78 is 34.3. The third-order valence-corrected chi connectivity index (χ3v) is 4.89. The molecule has 0 spiro atoms. The van der Waals surface area contributed by atoms with Crippen molar-refractivity contribution < 1.29 is 13.5 Å². The van der Waals surface area contributed by atoms with E-state index in [1.165, 1.54) is 18.2 Å². The molecule has 1 atom stereocenters. The fraction of sp³-hybridized carbons (Fsp3) is 0.350. The van der Waals surface area contributed by atoms with Crippen LogP contribution in [0.5, 0.6) is 0 Å². The second kappa shape index (κ2) is 7.13. The Bertz CT molecular complexity index is 903. The van der Waals surface area contributed by atoms with E-state index in [0.29, 0.717) is 22.4 Å². The van der Waals surface area contributed by atoms with Gasteiger partial charge in [0.2, 0.25) is 0 Å². The number of benzene rings is 2. The fourth-order valence-electron chi connectivity index (χ4n) is 3.41. The maximum absolute atomic E-state index is 14.5. The average molecular weight is 357 g/mol. The molecule has 6 heteroatoms. The molecule has 136 valence electrons.